The molecule has 0 bridgehead atoms. The zero-order valence-corrected chi connectivity index (χ0v) is 12.9. The van der Waals surface area contributed by atoms with E-state index in [9.17, 15) is 18.0 Å². The Balaban J connectivity index is 2.22. The topological polar surface area (TPSA) is 26.3 Å². The molecule has 2 nitrogen and oxygen atoms in total. The average Bonchev–Trinajstić information content (AvgIpc) is 2.58. The van der Waals surface area contributed by atoms with E-state index < -0.39 is 17.5 Å². The van der Waals surface area contributed by atoms with Gasteiger partial charge in [0.05, 0.1) is 12.7 Å². The van der Waals surface area contributed by atoms with E-state index in [2.05, 4.69) is 0 Å². The summed E-state index contributed by atoms with van der Waals surface area (Å²) in [6.07, 6.45) is -1.44. The van der Waals surface area contributed by atoms with E-state index in [-0.39, 0.29) is 5.56 Å². The Labute approximate surface area is 137 Å². The highest BCUT2D eigenvalue weighted by Crippen LogP contribution is 2.33. The Morgan fingerprint density at radius 2 is 1.62 bits per heavy atom. The second kappa shape index (κ2) is 7.64. The van der Waals surface area contributed by atoms with Crippen molar-refractivity contribution in [1.82, 2.24) is 0 Å². The molecule has 0 amide bonds. The fraction of sp³-hybridized carbons (Fsp3) is 0.105. The molecule has 0 saturated heterocycles. The second-order valence-corrected chi connectivity index (χ2v) is 4.93. The van der Waals surface area contributed by atoms with Crippen LogP contribution < -0.4 is 4.74 Å². The van der Waals surface area contributed by atoms with Crippen LogP contribution in [0.3, 0.4) is 0 Å². The van der Waals surface area contributed by atoms with Gasteiger partial charge in [-0.05, 0) is 35.4 Å². The molecule has 0 spiro atoms. The van der Waals surface area contributed by atoms with Gasteiger partial charge in [0.25, 0.3) is 0 Å². The summed E-state index contributed by atoms with van der Waals surface area (Å²) in [5.41, 5.74) is -0.325. The molecule has 0 aliphatic rings. The molecule has 124 valence electrons. The Morgan fingerprint density at radius 1 is 1.00 bits per heavy atom. The lowest BCUT2D eigenvalue weighted by Gasteiger charge is -2.11. The minimum Gasteiger partial charge on any atom is -0.497 e. The minimum atomic E-state index is -4.61. The van der Waals surface area contributed by atoms with E-state index in [0.29, 0.717) is 17.4 Å². The third-order valence-electron chi connectivity index (χ3n) is 3.23. The van der Waals surface area contributed by atoms with Crippen molar-refractivity contribution < 1.29 is 22.7 Å². The van der Waals surface area contributed by atoms with Crippen LogP contribution >= 0.6 is 0 Å². The number of hydrogen-bond donors (Lipinski definition) is 0. The number of halogens is 3. The molecular weight excluding hydrogens is 317 g/mol. The van der Waals surface area contributed by atoms with Gasteiger partial charge in [0.1, 0.15) is 5.75 Å². The van der Waals surface area contributed by atoms with Gasteiger partial charge in [-0.3, -0.25) is 4.79 Å². The first kappa shape index (κ1) is 17.5. The van der Waals surface area contributed by atoms with Crippen LogP contribution in [0.5, 0.6) is 5.75 Å². The Hall–Kier alpha value is -2.82. The molecule has 0 heterocycles. The predicted octanol–water partition coefficient (Wildman–Crippen LogP) is 4.92. The number of carbonyl (C=O) groups excluding carboxylic acids is 1. The van der Waals surface area contributed by atoms with Crippen molar-refractivity contribution in [1.29, 1.82) is 0 Å². The molecule has 24 heavy (non-hydrogen) atoms. The van der Waals surface area contributed by atoms with Crippen LogP contribution in [-0.4, -0.2) is 19.1 Å². The van der Waals surface area contributed by atoms with Gasteiger partial charge >= 0.3 is 6.18 Å². The number of allylic oxidation sites excluding steroid dienone is 3. The number of rotatable bonds is 5. The summed E-state index contributed by atoms with van der Waals surface area (Å²) in [5.74, 6) is -0.0798. The van der Waals surface area contributed by atoms with Gasteiger partial charge in [0, 0.05) is 0 Å². The van der Waals surface area contributed by atoms with Crippen LogP contribution in [0.2, 0.25) is 0 Å². The monoisotopic (exact) mass is 332 g/mol. The van der Waals surface area contributed by atoms with E-state index in [0.717, 1.165) is 6.08 Å². The number of hydrogen-bond acceptors (Lipinski definition) is 2. The van der Waals surface area contributed by atoms with E-state index in [4.69, 9.17) is 4.74 Å². The lowest BCUT2D eigenvalue weighted by molar-refractivity contribution is -0.110. The molecule has 0 aromatic heterocycles. The number of ketones is 1. The zero-order valence-electron chi connectivity index (χ0n) is 12.9. The SMILES string of the molecule is COc1ccc(/C=C\C(=O)/C=C(/c2ccccc2)C(F)(F)F)cc1. The van der Waals surface area contributed by atoms with Crippen LogP contribution in [0.1, 0.15) is 11.1 Å². The standard InChI is InChI=1S/C19H15F3O2/c1-24-17-11-8-14(9-12-17)7-10-16(23)13-18(19(20,21)22)15-5-3-2-4-6-15/h2-13H,1H3/b10-7-,18-13-. The van der Waals surface area contributed by atoms with Crippen molar-refractivity contribution in [2.45, 2.75) is 6.18 Å². The maximum absolute atomic E-state index is 13.2. The van der Waals surface area contributed by atoms with Gasteiger partial charge < -0.3 is 4.74 Å². The largest absolute Gasteiger partial charge is 0.497 e. The fourth-order valence-electron chi connectivity index (χ4n) is 2.03. The molecule has 0 atom stereocenters. The highest BCUT2D eigenvalue weighted by atomic mass is 19.4. The van der Waals surface area contributed by atoms with E-state index >= 15 is 0 Å². The number of ether oxygens (including phenoxy) is 1. The number of benzene rings is 2. The van der Waals surface area contributed by atoms with Gasteiger partial charge in [-0.15, -0.1) is 0 Å². The lowest BCUT2D eigenvalue weighted by Crippen LogP contribution is -2.12. The normalized spacial score (nSPS) is 12.4. The smallest absolute Gasteiger partial charge is 0.417 e. The van der Waals surface area contributed by atoms with Crippen LogP contribution in [0.25, 0.3) is 11.6 Å². The average molecular weight is 332 g/mol. The summed E-state index contributed by atoms with van der Waals surface area (Å²) in [5, 5.41) is 0. The number of methoxy groups -OCH3 is 1. The first-order chi connectivity index (χ1) is 11.4. The molecule has 2 aromatic rings. The first-order valence-electron chi connectivity index (χ1n) is 7.10. The van der Waals surface area contributed by atoms with E-state index in [1.54, 1.807) is 30.3 Å². The van der Waals surface area contributed by atoms with Gasteiger partial charge in [-0.1, -0.05) is 48.5 Å². The Morgan fingerprint density at radius 3 is 2.17 bits per heavy atom. The Kier molecular flexibility index (Phi) is 5.58. The number of alkyl halides is 3. The van der Waals surface area contributed by atoms with Crippen LogP contribution in [0.4, 0.5) is 13.2 Å². The van der Waals surface area contributed by atoms with Gasteiger partial charge in [0.15, 0.2) is 5.78 Å². The summed E-state index contributed by atoms with van der Waals surface area (Å²) in [4.78, 5) is 11.9. The summed E-state index contributed by atoms with van der Waals surface area (Å²) >= 11 is 0. The van der Waals surface area contributed by atoms with E-state index in [1.807, 2.05) is 0 Å². The fourth-order valence-corrected chi connectivity index (χ4v) is 2.03. The first-order valence-corrected chi connectivity index (χ1v) is 7.10. The van der Waals surface area contributed by atoms with E-state index in [1.165, 1.54) is 37.5 Å². The Bertz CT molecular complexity index is 742. The van der Waals surface area contributed by atoms with Crippen molar-refractivity contribution >= 4 is 17.4 Å². The molecule has 0 aliphatic heterocycles. The number of carbonyl (C=O) groups is 1. The van der Waals surface area contributed by atoms with Gasteiger partial charge in [0.2, 0.25) is 0 Å². The summed E-state index contributed by atoms with van der Waals surface area (Å²) in [7, 11) is 1.53. The molecular formula is C19H15F3O2. The van der Waals surface area contributed by atoms with Crippen LogP contribution in [0.15, 0.2) is 66.7 Å². The molecule has 0 N–H and O–H groups in total. The van der Waals surface area contributed by atoms with Crippen molar-refractivity contribution in [3.63, 3.8) is 0 Å². The second-order valence-electron chi connectivity index (χ2n) is 4.93. The van der Waals surface area contributed by atoms with Gasteiger partial charge in [-0.2, -0.15) is 13.2 Å². The minimum absolute atomic E-state index is 0.0452. The quantitative estimate of drug-likeness (QED) is 0.726. The van der Waals surface area contributed by atoms with Gasteiger partial charge in [-0.25, -0.2) is 0 Å². The summed E-state index contributed by atoms with van der Waals surface area (Å²) < 4.78 is 44.5. The molecule has 0 fully saturated rings. The molecule has 0 aliphatic carbocycles. The molecule has 2 rings (SSSR count). The van der Waals surface area contributed by atoms with Crippen molar-refractivity contribution in [3.05, 3.63) is 77.9 Å². The maximum atomic E-state index is 13.2. The summed E-state index contributed by atoms with van der Waals surface area (Å²) in [6.45, 7) is 0. The zero-order chi connectivity index (χ0) is 17.6. The van der Waals surface area contributed by atoms with Crippen molar-refractivity contribution in [2.75, 3.05) is 7.11 Å². The maximum Gasteiger partial charge on any atom is 0.417 e. The highest BCUT2D eigenvalue weighted by Gasteiger charge is 2.34. The van der Waals surface area contributed by atoms with Crippen molar-refractivity contribution in [3.8, 4) is 5.75 Å². The lowest BCUT2D eigenvalue weighted by atomic mass is 10.0. The molecule has 0 saturated carbocycles. The highest BCUT2D eigenvalue weighted by molar-refractivity contribution is 6.06. The molecule has 2 aromatic carbocycles. The molecule has 0 radical (unpaired) electrons. The van der Waals surface area contributed by atoms with Crippen LogP contribution in [0, 0.1) is 0 Å². The third-order valence-corrected chi connectivity index (χ3v) is 3.23. The summed E-state index contributed by atoms with van der Waals surface area (Å²) in [6, 6.07) is 14.0. The van der Waals surface area contributed by atoms with Crippen LogP contribution in [-0.2, 0) is 4.79 Å². The third kappa shape index (κ3) is 4.84. The molecule has 0 unspecified atom stereocenters. The van der Waals surface area contributed by atoms with Crippen molar-refractivity contribution in [2.24, 2.45) is 0 Å². The predicted molar refractivity (Wildman–Crippen MR) is 87.5 cm³/mol. The molecule has 5 heteroatoms.